The van der Waals surface area contributed by atoms with Gasteiger partial charge >= 0.3 is 0 Å². The van der Waals surface area contributed by atoms with Crippen molar-refractivity contribution in [3.05, 3.63) is 66.5 Å². The zero-order chi connectivity index (χ0) is 18.8. The Kier molecular flexibility index (Phi) is 4.54. The monoisotopic (exact) mass is 362 g/mol. The zero-order valence-corrected chi connectivity index (χ0v) is 15.4. The molecular formula is C21H22N4O2. The van der Waals surface area contributed by atoms with E-state index in [4.69, 9.17) is 4.74 Å². The molecule has 1 saturated heterocycles. The van der Waals surface area contributed by atoms with E-state index in [0.29, 0.717) is 12.3 Å². The summed E-state index contributed by atoms with van der Waals surface area (Å²) in [4.78, 5) is 14.8. The molecule has 0 spiro atoms. The quantitative estimate of drug-likeness (QED) is 0.756. The molecule has 0 radical (unpaired) electrons. The van der Waals surface area contributed by atoms with E-state index in [2.05, 4.69) is 10.4 Å². The van der Waals surface area contributed by atoms with Gasteiger partial charge in [-0.05, 0) is 43.7 Å². The minimum atomic E-state index is -0.285. The summed E-state index contributed by atoms with van der Waals surface area (Å²) in [7, 11) is 1.62. The van der Waals surface area contributed by atoms with E-state index in [1.54, 1.807) is 18.2 Å². The number of aryl methyl sites for hydroxylation is 1. The second-order valence-electron chi connectivity index (χ2n) is 6.55. The maximum atomic E-state index is 13.0. The van der Waals surface area contributed by atoms with E-state index >= 15 is 0 Å². The van der Waals surface area contributed by atoms with Crippen molar-refractivity contribution in [1.29, 1.82) is 0 Å². The molecule has 1 aliphatic heterocycles. The average Bonchev–Trinajstić information content (AvgIpc) is 3.28. The van der Waals surface area contributed by atoms with Crippen LogP contribution in [0.15, 0.2) is 60.8 Å². The summed E-state index contributed by atoms with van der Waals surface area (Å²) in [6, 6.07) is 17.2. The van der Waals surface area contributed by atoms with E-state index < -0.39 is 0 Å². The minimum absolute atomic E-state index is 0.0477. The van der Waals surface area contributed by atoms with Crippen LogP contribution in [0.4, 0.5) is 11.4 Å². The summed E-state index contributed by atoms with van der Waals surface area (Å²) in [5.74, 6) is 0.755. The van der Waals surface area contributed by atoms with Gasteiger partial charge < -0.3 is 15.0 Å². The maximum absolute atomic E-state index is 13.0. The average molecular weight is 362 g/mol. The van der Waals surface area contributed by atoms with Crippen LogP contribution >= 0.6 is 0 Å². The largest absolute Gasteiger partial charge is 0.495 e. The Morgan fingerprint density at radius 3 is 2.56 bits per heavy atom. The number of ether oxygens (including phenoxy) is 1. The summed E-state index contributed by atoms with van der Waals surface area (Å²) in [6.45, 7) is 2.66. The molecule has 138 valence electrons. The van der Waals surface area contributed by atoms with E-state index in [9.17, 15) is 4.79 Å². The summed E-state index contributed by atoms with van der Waals surface area (Å²) < 4.78 is 7.29. The number of methoxy groups -OCH3 is 1. The van der Waals surface area contributed by atoms with Crippen LogP contribution in [0.1, 0.15) is 12.1 Å². The maximum Gasteiger partial charge on any atom is 0.249 e. The fraction of sp³-hybridized carbons (Fsp3) is 0.238. The lowest BCUT2D eigenvalue weighted by Crippen LogP contribution is -2.33. The molecule has 4 rings (SSSR count). The van der Waals surface area contributed by atoms with Crippen molar-refractivity contribution in [2.75, 3.05) is 23.9 Å². The zero-order valence-electron chi connectivity index (χ0n) is 15.4. The topological polar surface area (TPSA) is 59.4 Å². The number of aromatic nitrogens is 2. The Balaban J connectivity index is 1.59. The number of hydrogen-bond acceptors (Lipinski definition) is 4. The number of hydrogen-bond donors (Lipinski definition) is 1. The Hall–Kier alpha value is -3.28. The van der Waals surface area contributed by atoms with Gasteiger partial charge in [0.15, 0.2) is 0 Å². The fourth-order valence-electron chi connectivity index (χ4n) is 3.50. The molecule has 2 aromatic carbocycles. The highest BCUT2D eigenvalue weighted by Gasteiger charge is 2.34. The third-order valence-corrected chi connectivity index (χ3v) is 4.88. The number of carbonyl (C=O) groups excluding carboxylic acids is 1. The van der Waals surface area contributed by atoms with Crippen molar-refractivity contribution in [2.45, 2.75) is 19.4 Å². The van der Waals surface area contributed by atoms with Crippen molar-refractivity contribution in [2.24, 2.45) is 0 Å². The van der Waals surface area contributed by atoms with Gasteiger partial charge in [0.2, 0.25) is 5.91 Å². The second-order valence-corrected chi connectivity index (χ2v) is 6.55. The summed E-state index contributed by atoms with van der Waals surface area (Å²) in [5.41, 5.74) is 3.68. The van der Waals surface area contributed by atoms with Gasteiger partial charge in [-0.3, -0.25) is 4.79 Å². The van der Waals surface area contributed by atoms with E-state index in [1.807, 2.05) is 66.2 Å². The second kappa shape index (κ2) is 7.15. The Bertz CT molecular complexity index is 966. The lowest BCUT2D eigenvalue weighted by molar-refractivity contribution is -0.117. The number of nitrogens with zero attached hydrogens (tertiary/aromatic N) is 3. The van der Waals surface area contributed by atoms with Crippen LogP contribution in [0, 0.1) is 6.92 Å². The van der Waals surface area contributed by atoms with Gasteiger partial charge in [-0.25, -0.2) is 4.68 Å². The molecule has 1 fully saturated rings. The van der Waals surface area contributed by atoms with Gasteiger partial charge in [-0.2, -0.15) is 5.10 Å². The first kappa shape index (κ1) is 17.1. The number of carbonyl (C=O) groups is 1. The fourth-order valence-corrected chi connectivity index (χ4v) is 3.50. The first-order chi connectivity index (χ1) is 13.2. The standard InChI is InChI=1S/C21H22N4O2/c1-15-11-13-22-25(15)18-8-4-3-7-16(18)23-17-12-14-24(21(17)26)19-9-5-6-10-20(19)27-2/h3-11,13,17,23H,12,14H2,1-2H3. The van der Waals surface area contributed by atoms with Crippen molar-refractivity contribution >= 4 is 17.3 Å². The first-order valence-corrected chi connectivity index (χ1v) is 9.00. The molecule has 27 heavy (non-hydrogen) atoms. The molecule has 2 heterocycles. The third kappa shape index (κ3) is 3.14. The van der Waals surface area contributed by atoms with Crippen LogP contribution in [0.2, 0.25) is 0 Å². The molecule has 1 aromatic heterocycles. The Morgan fingerprint density at radius 1 is 1.07 bits per heavy atom. The molecular weight excluding hydrogens is 340 g/mol. The van der Waals surface area contributed by atoms with Crippen molar-refractivity contribution in [1.82, 2.24) is 9.78 Å². The molecule has 1 N–H and O–H groups in total. The summed E-state index contributed by atoms with van der Waals surface area (Å²) in [6.07, 6.45) is 2.50. The van der Waals surface area contributed by atoms with Gasteiger partial charge in [0.1, 0.15) is 11.8 Å². The smallest absolute Gasteiger partial charge is 0.249 e. The molecule has 0 saturated carbocycles. The van der Waals surface area contributed by atoms with Crippen LogP contribution in [-0.4, -0.2) is 35.4 Å². The molecule has 0 bridgehead atoms. The summed E-state index contributed by atoms with van der Waals surface area (Å²) >= 11 is 0. The number of benzene rings is 2. The molecule has 1 amide bonds. The van der Waals surface area contributed by atoms with E-state index in [-0.39, 0.29) is 11.9 Å². The third-order valence-electron chi connectivity index (χ3n) is 4.88. The Morgan fingerprint density at radius 2 is 1.81 bits per heavy atom. The normalized spacial score (nSPS) is 16.6. The molecule has 1 atom stereocenters. The predicted octanol–water partition coefficient (Wildman–Crippen LogP) is 3.41. The molecule has 1 aliphatic rings. The van der Waals surface area contributed by atoms with Crippen molar-refractivity contribution < 1.29 is 9.53 Å². The SMILES string of the molecule is COc1ccccc1N1CCC(Nc2ccccc2-n2nccc2C)C1=O. The van der Waals surface area contributed by atoms with Gasteiger partial charge in [0.05, 0.1) is 24.2 Å². The molecule has 6 nitrogen and oxygen atoms in total. The minimum Gasteiger partial charge on any atom is -0.495 e. The van der Waals surface area contributed by atoms with Crippen LogP contribution < -0.4 is 15.0 Å². The van der Waals surface area contributed by atoms with Gasteiger partial charge in [0, 0.05) is 18.4 Å². The summed E-state index contributed by atoms with van der Waals surface area (Å²) in [5, 5.41) is 7.81. The lowest BCUT2D eigenvalue weighted by atomic mass is 10.2. The molecule has 1 unspecified atom stereocenters. The molecule has 0 aliphatic carbocycles. The lowest BCUT2D eigenvalue weighted by Gasteiger charge is -2.21. The van der Waals surface area contributed by atoms with Crippen molar-refractivity contribution in [3.63, 3.8) is 0 Å². The van der Waals surface area contributed by atoms with Crippen molar-refractivity contribution in [3.8, 4) is 11.4 Å². The number of amides is 1. The Labute approximate surface area is 158 Å². The van der Waals surface area contributed by atoms with E-state index in [0.717, 1.165) is 29.2 Å². The number of para-hydroxylation sites is 4. The highest BCUT2D eigenvalue weighted by Crippen LogP contribution is 2.32. The highest BCUT2D eigenvalue weighted by molar-refractivity contribution is 6.02. The number of nitrogens with one attached hydrogen (secondary N) is 1. The van der Waals surface area contributed by atoms with E-state index in [1.165, 1.54) is 0 Å². The number of anilines is 2. The van der Waals surface area contributed by atoms with Gasteiger partial charge in [-0.15, -0.1) is 0 Å². The van der Waals surface area contributed by atoms with Gasteiger partial charge in [-0.1, -0.05) is 24.3 Å². The van der Waals surface area contributed by atoms with Crippen LogP contribution in [0.25, 0.3) is 5.69 Å². The molecule has 6 heteroatoms. The highest BCUT2D eigenvalue weighted by atomic mass is 16.5. The van der Waals surface area contributed by atoms with Crippen LogP contribution in [0.5, 0.6) is 5.75 Å². The van der Waals surface area contributed by atoms with Crippen LogP contribution in [0.3, 0.4) is 0 Å². The number of rotatable bonds is 5. The predicted molar refractivity (Wildman–Crippen MR) is 106 cm³/mol. The molecule has 3 aromatic rings. The van der Waals surface area contributed by atoms with Gasteiger partial charge in [0.25, 0.3) is 0 Å². The first-order valence-electron chi connectivity index (χ1n) is 9.00. The van der Waals surface area contributed by atoms with Crippen LogP contribution in [-0.2, 0) is 4.79 Å².